The maximum atomic E-state index is 12.8. The van der Waals surface area contributed by atoms with Gasteiger partial charge in [0.2, 0.25) is 5.91 Å². The zero-order valence-electron chi connectivity index (χ0n) is 16.4. The molecule has 0 radical (unpaired) electrons. The fraction of sp³-hybridized carbons (Fsp3) is 0.273. The van der Waals surface area contributed by atoms with Crippen molar-refractivity contribution < 1.29 is 14.7 Å². The molecule has 3 rings (SSSR count). The van der Waals surface area contributed by atoms with Crippen LogP contribution in [0.25, 0.3) is 10.9 Å². The molecule has 0 bridgehead atoms. The second-order valence-electron chi connectivity index (χ2n) is 6.99. The molecule has 1 amide bonds. The third-order valence-electron chi connectivity index (χ3n) is 4.96. The molecule has 0 spiro atoms. The lowest BCUT2D eigenvalue weighted by Crippen LogP contribution is -2.43. The Labute approximate surface area is 168 Å². The molecule has 1 unspecified atom stereocenters. The number of aryl methyl sites for hydroxylation is 2. The van der Waals surface area contributed by atoms with Gasteiger partial charge in [-0.1, -0.05) is 42.5 Å². The zero-order chi connectivity index (χ0) is 21.0. The number of aromatic nitrogens is 2. The van der Waals surface area contributed by atoms with Crippen molar-refractivity contribution in [3.63, 3.8) is 0 Å². The van der Waals surface area contributed by atoms with E-state index in [1.54, 1.807) is 12.1 Å². The molecular formula is C22H23N3O4. The lowest BCUT2D eigenvalue weighted by molar-refractivity contribution is -0.150. The number of hydrogen-bond donors (Lipinski definition) is 1. The largest absolute Gasteiger partial charge is 0.480 e. The summed E-state index contributed by atoms with van der Waals surface area (Å²) in [5.74, 6) is -1.41. The van der Waals surface area contributed by atoms with Crippen molar-refractivity contribution in [2.45, 2.75) is 39.4 Å². The molecule has 0 saturated carbocycles. The van der Waals surface area contributed by atoms with E-state index in [0.29, 0.717) is 10.9 Å². The second-order valence-corrected chi connectivity index (χ2v) is 6.99. The number of carboxylic acid groups (broad SMARTS) is 1. The van der Waals surface area contributed by atoms with Crippen LogP contribution in [0.1, 0.15) is 24.5 Å². The van der Waals surface area contributed by atoms with Gasteiger partial charge >= 0.3 is 5.97 Å². The SMILES string of the molecule is Cc1cccc2c(=O)n(CCC(=O)N(Cc3ccccc3)C(C)C(=O)O)cnc12. The maximum Gasteiger partial charge on any atom is 0.326 e. The van der Waals surface area contributed by atoms with E-state index in [1.807, 2.05) is 43.3 Å². The Kier molecular flexibility index (Phi) is 6.07. The summed E-state index contributed by atoms with van der Waals surface area (Å²) < 4.78 is 1.39. The van der Waals surface area contributed by atoms with Crippen LogP contribution >= 0.6 is 0 Å². The molecule has 2 aromatic carbocycles. The van der Waals surface area contributed by atoms with Gasteiger partial charge in [0.1, 0.15) is 6.04 Å². The summed E-state index contributed by atoms with van der Waals surface area (Å²) in [5.41, 5.74) is 2.18. The topological polar surface area (TPSA) is 92.5 Å². The molecule has 0 fully saturated rings. The Balaban J connectivity index is 1.79. The van der Waals surface area contributed by atoms with Gasteiger partial charge in [-0.3, -0.25) is 14.2 Å². The molecule has 1 heterocycles. The second kappa shape index (κ2) is 8.68. The van der Waals surface area contributed by atoms with Gasteiger partial charge in [-0.05, 0) is 31.0 Å². The number of hydrogen-bond acceptors (Lipinski definition) is 4. The van der Waals surface area contributed by atoms with Crippen LogP contribution < -0.4 is 5.56 Å². The van der Waals surface area contributed by atoms with Gasteiger partial charge in [0.25, 0.3) is 5.56 Å². The average molecular weight is 393 g/mol. The van der Waals surface area contributed by atoms with Crippen molar-refractivity contribution in [1.82, 2.24) is 14.5 Å². The van der Waals surface area contributed by atoms with E-state index in [9.17, 15) is 19.5 Å². The van der Waals surface area contributed by atoms with Gasteiger partial charge in [0, 0.05) is 19.5 Å². The number of carbonyl (C=O) groups is 2. The van der Waals surface area contributed by atoms with Gasteiger partial charge in [-0.2, -0.15) is 0 Å². The van der Waals surface area contributed by atoms with E-state index < -0.39 is 12.0 Å². The lowest BCUT2D eigenvalue weighted by Gasteiger charge is -2.27. The molecule has 3 aromatic rings. The Hall–Kier alpha value is -3.48. The Morgan fingerprint density at radius 3 is 2.55 bits per heavy atom. The minimum atomic E-state index is -1.07. The molecule has 150 valence electrons. The Morgan fingerprint density at radius 2 is 1.86 bits per heavy atom. The molecule has 7 nitrogen and oxygen atoms in total. The minimum absolute atomic E-state index is 0.00334. The van der Waals surface area contributed by atoms with E-state index in [4.69, 9.17) is 0 Å². The van der Waals surface area contributed by atoms with E-state index >= 15 is 0 Å². The number of carboxylic acids is 1. The van der Waals surface area contributed by atoms with E-state index in [1.165, 1.54) is 22.7 Å². The highest BCUT2D eigenvalue weighted by Gasteiger charge is 2.25. The van der Waals surface area contributed by atoms with Crippen molar-refractivity contribution in [2.24, 2.45) is 0 Å². The van der Waals surface area contributed by atoms with Crippen LogP contribution in [-0.4, -0.2) is 37.5 Å². The number of amides is 1. The molecule has 0 aliphatic carbocycles. The summed E-state index contributed by atoms with van der Waals surface area (Å²) in [6.45, 7) is 3.69. The van der Waals surface area contributed by atoms with Crippen molar-refractivity contribution in [1.29, 1.82) is 0 Å². The van der Waals surface area contributed by atoms with E-state index in [2.05, 4.69) is 4.98 Å². The van der Waals surface area contributed by atoms with Crippen molar-refractivity contribution in [3.8, 4) is 0 Å². The summed E-state index contributed by atoms with van der Waals surface area (Å²) in [7, 11) is 0. The normalized spacial score (nSPS) is 11.9. The van der Waals surface area contributed by atoms with Gasteiger partial charge in [-0.15, -0.1) is 0 Å². The van der Waals surface area contributed by atoms with Crippen LogP contribution in [0.2, 0.25) is 0 Å². The molecule has 1 aromatic heterocycles. The predicted molar refractivity (Wildman–Crippen MR) is 109 cm³/mol. The molecule has 0 saturated heterocycles. The lowest BCUT2D eigenvalue weighted by atomic mass is 10.1. The number of rotatable bonds is 7. The summed E-state index contributed by atoms with van der Waals surface area (Å²) in [6.07, 6.45) is 1.44. The highest BCUT2D eigenvalue weighted by molar-refractivity contribution is 5.83. The molecule has 1 N–H and O–H groups in total. The van der Waals surface area contributed by atoms with Gasteiger partial charge in [0.05, 0.1) is 17.2 Å². The highest BCUT2D eigenvalue weighted by atomic mass is 16.4. The molecule has 29 heavy (non-hydrogen) atoms. The van der Waals surface area contributed by atoms with Crippen LogP contribution in [-0.2, 0) is 22.7 Å². The number of aliphatic carboxylic acids is 1. The Bertz CT molecular complexity index is 1090. The van der Waals surface area contributed by atoms with Crippen LogP contribution in [0.3, 0.4) is 0 Å². The van der Waals surface area contributed by atoms with Crippen molar-refractivity contribution in [3.05, 3.63) is 76.3 Å². The van der Waals surface area contributed by atoms with Crippen LogP contribution in [0.5, 0.6) is 0 Å². The molecule has 0 aliphatic rings. The third-order valence-corrected chi connectivity index (χ3v) is 4.96. The highest BCUT2D eigenvalue weighted by Crippen LogP contribution is 2.13. The number of para-hydroxylation sites is 1. The first-order chi connectivity index (χ1) is 13.9. The van der Waals surface area contributed by atoms with Gasteiger partial charge in [-0.25, -0.2) is 9.78 Å². The van der Waals surface area contributed by atoms with Crippen LogP contribution in [0.4, 0.5) is 0 Å². The zero-order valence-corrected chi connectivity index (χ0v) is 16.4. The van der Waals surface area contributed by atoms with E-state index in [-0.39, 0.29) is 31.0 Å². The van der Waals surface area contributed by atoms with Gasteiger partial charge in [0.15, 0.2) is 0 Å². The molecular weight excluding hydrogens is 370 g/mol. The number of fused-ring (bicyclic) bond motifs is 1. The first-order valence-electron chi connectivity index (χ1n) is 9.39. The standard InChI is InChI=1S/C22H23N3O4/c1-15-7-6-10-18-20(15)23-14-24(21(18)27)12-11-19(26)25(16(2)22(28)29)13-17-8-4-3-5-9-17/h3-10,14,16H,11-13H2,1-2H3,(H,28,29). The third kappa shape index (κ3) is 4.51. The smallest absolute Gasteiger partial charge is 0.326 e. The number of nitrogens with zero attached hydrogens (tertiary/aromatic N) is 3. The monoisotopic (exact) mass is 393 g/mol. The number of benzene rings is 2. The van der Waals surface area contributed by atoms with Crippen molar-refractivity contribution >= 4 is 22.8 Å². The number of carbonyl (C=O) groups excluding carboxylic acids is 1. The van der Waals surface area contributed by atoms with Crippen LogP contribution in [0.15, 0.2) is 59.7 Å². The minimum Gasteiger partial charge on any atom is -0.480 e. The van der Waals surface area contributed by atoms with E-state index in [0.717, 1.165) is 11.1 Å². The average Bonchev–Trinajstić information content (AvgIpc) is 2.72. The first-order valence-corrected chi connectivity index (χ1v) is 9.39. The quantitative estimate of drug-likeness (QED) is 0.666. The Morgan fingerprint density at radius 1 is 1.14 bits per heavy atom. The summed E-state index contributed by atoms with van der Waals surface area (Å²) >= 11 is 0. The first kappa shape index (κ1) is 20.3. The fourth-order valence-electron chi connectivity index (χ4n) is 3.21. The molecule has 7 heteroatoms. The molecule has 0 aliphatic heterocycles. The molecule has 1 atom stereocenters. The van der Waals surface area contributed by atoms with Crippen molar-refractivity contribution in [2.75, 3.05) is 0 Å². The fourth-order valence-corrected chi connectivity index (χ4v) is 3.21. The summed E-state index contributed by atoms with van der Waals surface area (Å²) in [4.78, 5) is 42.7. The predicted octanol–water partition coefficient (Wildman–Crippen LogP) is 2.60. The maximum absolute atomic E-state index is 12.8. The van der Waals surface area contributed by atoms with Gasteiger partial charge < -0.3 is 10.0 Å². The summed E-state index contributed by atoms with van der Waals surface area (Å²) in [6, 6.07) is 13.6. The summed E-state index contributed by atoms with van der Waals surface area (Å²) in [5, 5.41) is 9.89. The van der Waals surface area contributed by atoms with Crippen LogP contribution in [0, 0.1) is 6.92 Å².